The first-order chi connectivity index (χ1) is 16.3. The molecule has 0 bridgehead atoms. The zero-order chi connectivity index (χ0) is 24.2. The van der Waals surface area contributed by atoms with E-state index in [1.807, 2.05) is 24.3 Å². The summed E-state index contributed by atoms with van der Waals surface area (Å²) < 4.78 is 8.59. The maximum Gasteiger partial charge on any atom is 0.271 e. The second kappa shape index (κ2) is 10.7. The van der Waals surface area contributed by atoms with Crippen molar-refractivity contribution in [3.8, 4) is 5.69 Å². The van der Waals surface area contributed by atoms with Crippen molar-refractivity contribution in [3.05, 3.63) is 86.1 Å². The Morgan fingerprint density at radius 3 is 2.47 bits per heavy atom. The van der Waals surface area contributed by atoms with Crippen LogP contribution in [0.4, 0.5) is 0 Å². The van der Waals surface area contributed by atoms with Gasteiger partial charge in [0.1, 0.15) is 0 Å². The molecule has 6 nitrogen and oxygen atoms in total. The molecule has 0 atom stereocenters. The van der Waals surface area contributed by atoms with Crippen LogP contribution in [0.1, 0.15) is 44.0 Å². The monoisotopic (exact) mass is 522 g/mol. The highest BCUT2D eigenvalue weighted by molar-refractivity contribution is 9.10. The van der Waals surface area contributed by atoms with Crippen LogP contribution < -0.4 is 5.43 Å². The molecule has 1 saturated heterocycles. The van der Waals surface area contributed by atoms with Gasteiger partial charge in [0.2, 0.25) is 0 Å². The van der Waals surface area contributed by atoms with Crippen molar-refractivity contribution < 1.29 is 9.53 Å². The van der Waals surface area contributed by atoms with Crippen molar-refractivity contribution in [2.24, 2.45) is 5.10 Å². The molecule has 1 aromatic heterocycles. The number of aryl methyl sites for hydroxylation is 2. The number of hydrazone groups is 1. The fraction of sp³-hybridized carbons (Fsp3) is 0.333. The summed E-state index contributed by atoms with van der Waals surface area (Å²) in [6.07, 6.45) is 1.71. The van der Waals surface area contributed by atoms with Crippen molar-refractivity contribution >= 4 is 28.1 Å². The van der Waals surface area contributed by atoms with Crippen LogP contribution in [0, 0.1) is 27.7 Å². The number of benzene rings is 2. The summed E-state index contributed by atoms with van der Waals surface area (Å²) in [5, 5.41) is 4.25. The van der Waals surface area contributed by atoms with Crippen molar-refractivity contribution in [3.63, 3.8) is 0 Å². The number of carbonyl (C=O) groups is 1. The molecule has 1 aliphatic rings. The van der Waals surface area contributed by atoms with Crippen LogP contribution in [-0.4, -0.2) is 47.9 Å². The van der Waals surface area contributed by atoms with Crippen LogP contribution >= 0.6 is 15.9 Å². The molecule has 0 saturated carbocycles. The van der Waals surface area contributed by atoms with Gasteiger partial charge in [0, 0.05) is 52.3 Å². The molecule has 4 rings (SSSR count). The number of morpholine rings is 1. The maximum atomic E-state index is 12.6. The number of carbonyl (C=O) groups excluding carboxylic acids is 1. The number of nitrogens with one attached hydrogen (secondary N) is 1. The van der Waals surface area contributed by atoms with Gasteiger partial charge < -0.3 is 9.30 Å². The van der Waals surface area contributed by atoms with E-state index in [0.717, 1.165) is 60.0 Å². The predicted octanol–water partition coefficient (Wildman–Crippen LogP) is 5.07. The standard InChI is InChI=1S/C27H31BrN4O2/c1-18-5-6-19(2)25(15-18)32-20(3)24(26(28)21(32)4)16-29-30-27(33)23-9-7-22(8-10-23)17-31-11-13-34-14-12-31/h5-10,15-16H,11-14,17H2,1-4H3,(H,30,33)/b29-16-. The predicted molar refractivity (Wildman–Crippen MR) is 140 cm³/mol. The van der Waals surface area contributed by atoms with E-state index in [0.29, 0.717) is 5.56 Å². The number of hydrogen-bond acceptors (Lipinski definition) is 4. The van der Waals surface area contributed by atoms with Gasteiger partial charge in [0.15, 0.2) is 0 Å². The smallest absolute Gasteiger partial charge is 0.271 e. The zero-order valence-electron chi connectivity index (χ0n) is 20.2. The highest BCUT2D eigenvalue weighted by atomic mass is 79.9. The van der Waals surface area contributed by atoms with Gasteiger partial charge >= 0.3 is 0 Å². The topological polar surface area (TPSA) is 58.9 Å². The van der Waals surface area contributed by atoms with Gasteiger partial charge in [-0.3, -0.25) is 9.69 Å². The minimum atomic E-state index is -0.228. The van der Waals surface area contributed by atoms with Gasteiger partial charge in [-0.25, -0.2) is 5.43 Å². The number of halogens is 1. The van der Waals surface area contributed by atoms with Crippen LogP contribution in [-0.2, 0) is 11.3 Å². The van der Waals surface area contributed by atoms with Gasteiger partial charge in [0.05, 0.1) is 19.4 Å². The van der Waals surface area contributed by atoms with E-state index in [1.54, 1.807) is 6.21 Å². The number of rotatable bonds is 6. The summed E-state index contributed by atoms with van der Waals surface area (Å²) in [5.74, 6) is -0.228. The lowest BCUT2D eigenvalue weighted by Crippen LogP contribution is -2.35. The van der Waals surface area contributed by atoms with E-state index in [-0.39, 0.29) is 5.91 Å². The molecule has 1 fully saturated rings. The molecule has 1 amide bonds. The molecule has 178 valence electrons. The van der Waals surface area contributed by atoms with E-state index in [9.17, 15) is 4.79 Å². The maximum absolute atomic E-state index is 12.6. The van der Waals surface area contributed by atoms with Crippen LogP contribution in [0.15, 0.2) is 52.0 Å². The Hall–Kier alpha value is -2.74. The lowest BCUT2D eigenvalue weighted by atomic mass is 10.1. The normalized spacial score (nSPS) is 14.6. The Balaban J connectivity index is 1.45. The first kappa shape index (κ1) is 24.4. The third-order valence-corrected chi connectivity index (χ3v) is 7.31. The molecule has 3 aromatic rings. The summed E-state index contributed by atoms with van der Waals surface area (Å²) in [4.78, 5) is 15.0. The quantitative estimate of drug-likeness (QED) is 0.363. The molecule has 0 unspecified atom stereocenters. The highest BCUT2D eigenvalue weighted by Gasteiger charge is 2.17. The molecular weight excluding hydrogens is 492 g/mol. The summed E-state index contributed by atoms with van der Waals surface area (Å²) in [7, 11) is 0. The van der Waals surface area contributed by atoms with Crippen molar-refractivity contribution in [2.45, 2.75) is 34.2 Å². The molecule has 34 heavy (non-hydrogen) atoms. The second-order valence-electron chi connectivity index (χ2n) is 8.81. The van der Waals surface area contributed by atoms with Crippen LogP contribution in [0.25, 0.3) is 5.69 Å². The Morgan fingerprint density at radius 2 is 1.76 bits per heavy atom. The number of ether oxygens (including phenoxy) is 1. The third kappa shape index (κ3) is 5.32. The fourth-order valence-corrected chi connectivity index (χ4v) is 4.86. The fourth-order valence-electron chi connectivity index (χ4n) is 4.29. The Bertz CT molecular complexity index is 1210. The largest absolute Gasteiger partial charge is 0.379 e. The summed E-state index contributed by atoms with van der Waals surface area (Å²) >= 11 is 3.72. The first-order valence-electron chi connectivity index (χ1n) is 11.5. The number of aromatic nitrogens is 1. The van der Waals surface area contributed by atoms with Gasteiger partial charge in [-0.1, -0.05) is 24.3 Å². The minimum absolute atomic E-state index is 0.228. The number of hydrogen-bond donors (Lipinski definition) is 1. The van der Waals surface area contributed by atoms with Crippen molar-refractivity contribution in [1.29, 1.82) is 0 Å². The summed E-state index contributed by atoms with van der Waals surface area (Å²) in [6, 6.07) is 14.1. The Labute approximate surface area is 209 Å². The molecule has 0 radical (unpaired) electrons. The molecule has 1 N–H and O–H groups in total. The van der Waals surface area contributed by atoms with Crippen LogP contribution in [0.2, 0.25) is 0 Å². The highest BCUT2D eigenvalue weighted by Crippen LogP contribution is 2.31. The van der Waals surface area contributed by atoms with E-state index in [4.69, 9.17) is 4.74 Å². The molecule has 2 heterocycles. The molecule has 0 spiro atoms. The lowest BCUT2D eigenvalue weighted by Gasteiger charge is -2.26. The summed E-state index contributed by atoms with van der Waals surface area (Å²) in [6.45, 7) is 12.7. The zero-order valence-corrected chi connectivity index (χ0v) is 21.8. The number of amides is 1. The van der Waals surface area contributed by atoms with E-state index in [1.165, 1.54) is 16.7 Å². The SMILES string of the molecule is Cc1ccc(C)c(-n2c(C)c(Br)c(/C=N\NC(=O)c3ccc(CN4CCOCC4)cc3)c2C)c1. The van der Waals surface area contributed by atoms with Gasteiger partial charge in [-0.15, -0.1) is 0 Å². The minimum Gasteiger partial charge on any atom is -0.379 e. The van der Waals surface area contributed by atoms with Crippen molar-refractivity contribution in [2.75, 3.05) is 26.3 Å². The Kier molecular flexibility index (Phi) is 7.66. The Morgan fingerprint density at radius 1 is 1.06 bits per heavy atom. The van der Waals surface area contributed by atoms with Crippen LogP contribution in [0.5, 0.6) is 0 Å². The van der Waals surface area contributed by atoms with E-state index in [2.05, 4.69) is 81.8 Å². The van der Waals surface area contributed by atoms with Gasteiger partial charge in [-0.05, 0) is 78.5 Å². The van der Waals surface area contributed by atoms with Crippen LogP contribution in [0.3, 0.4) is 0 Å². The van der Waals surface area contributed by atoms with Crippen molar-refractivity contribution in [1.82, 2.24) is 14.9 Å². The van der Waals surface area contributed by atoms with E-state index < -0.39 is 0 Å². The first-order valence-corrected chi connectivity index (χ1v) is 12.3. The molecular formula is C27H31BrN4O2. The second-order valence-corrected chi connectivity index (χ2v) is 9.60. The lowest BCUT2D eigenvalue weighted by molar-refractivity contribution is 0.0342. The molecule has 1 aliphatic heterocycles. The molecule has 0 aliphatic carbocycles. The van der Waals surface area contributed by atoms with E-state index >= 15 is 0 Å². The van der Waals surface area contributed by atoms with Gasteiger partial charge in [0.25, 0.3) is 5.91 Å². The molecule has 2 aromatic carbocycles. The summed E-state index contributed by atoms with van der Waals surface area (Å²) in [5.41, 5.74) is 11.1. The number of nitrogens with zero attached hydrogens (tertiary/aromatic N) is 3. The molecule has 7 heteroatoms. The van der Waals surface area contributed by atoms with Gasteiger partial charge in [-0.2, -0.15) is 5.10 Å². The average molecular weight is 523 g/mol. The third-order valence-electron chi connectivity index (χ3n) is 6.31. The average Bonchev–Trinajstić information content (AvgIpc) is 3.04.